The van der Waals surface area contributed by atoms with Gasteiger partial charge in [0.1, 0.15) is 5.69 Å². The Bertz CT molecular complexity index is 527. The third-order valence-corrected chi connectivity index (χ3v) is 5.32. The molecule has 1 aromatic rings. The summed E-state index contributed by atoms with van der Waals surface area (Å²) in [4.78, 5) is 17.6. The van der Waals surface area contributed by atoms with E-state index in [1.807, 2.05) is 17.0 Å². The van der Waals surface area contributed by atoms with E-state index in [-0.39, 0.29) is 18.1 Å². The highest BCUT2D eigenvalue weighted by molar-refractivity contribution is 5.93. The number of H-pyrrole nitrogens is 1. The molecule has 0 radical (unpaired) electrons. The van der Waals surface area contributed by atoms with Crippen LogP contribution < -0.4 is 0 Å². The minimum absolute atomic E-state index is 0.0488. The van der Waals surface area contributed by atoms with E-state index in [0.29, 0.717) is 37.3 Å². The van der Waals surface area contributed by atoms with Gasteiger partial charge >= 0.3 is 0 Å². The van der Waals surface area contributed by atoms with Gasteiger partial charge in [-0.1, -0.05) is 0 Å². The van der Waals surface area contributed by atoms with Crippen LogP contribution >= 0.6 is 0 Å². The van der Waals surface area contributed by atoms with Gasteiger partial charge in [0.05, 0.1) is 32.0 Å². The molecule has 1 N–H and O–H groups in total. The maximum atomic E-state index is 12.7. The maximum absolute atomic E-state index is 12.7. The number of hydrogen-bond acceptors (Lipinski definition) is 4. The van der Waals surface area contributed by atoms with E-state index in [1.54, 1.807) is 6.20 Å². The minimum atomic E-state index is 0.0488. The molecule has 4 rings (SSSR count). The molecule has 0 spiro atoms. The van der Waals surface area contributed by atoms with Crippen molar-refractivity contribution in [3.05, 3.63) is 24.0 Å². The van der Waals surface area contributed by atoms with Gasteiger partial charge in [-0.15, -0.1) is 0 Å². The molecule has 3 atom stereocenters. The smallest absolute Gasteiger partial charge is 0.270 e. The second-order valence-electron chi connectivity index (χ2n) is 6.74. The molecule has 126 valence electrons. The quantitative estimate of drug-likeness (QED) is 0.908. The molecule has 0 aliphatic carbocycles. The summed E-state index contributed by atoms with van der Waals surface area (Å²) < 4.78 is 17.2. The average Bonchev–Trinajstić information content (AvgIpc) is 3.31. The molecule has 0 unspecified atom stereocenters. The zero-order valence-corrected chi connectivity index (χ0v) is 13.3. The van der Waals surface area contributed by atoms with Gasteiger partial charge in [-0.3, -0.25) is 4.79 Å². The number of fused-ring (bicyclic) bond motifs is 1. The van der Waals surface area contributed by atoms with Gasteiger partial charge in [-0.05, 0) is 30.9 Å². The Balaban J connectivity index is 1.39. The lowest BCUT2D eigenvalue weighted by Gasteiger charge is -2.25. The molecule has 6 heteroatoms. The van der Waals surface area contributed by atoms with Crippen LogP contribution in [0.5, 0.6) is 0 Å². The average molecular weight is 320 g/mol. The molecule has 4 heterocycles. The highest BCUT2D eigenvalue weighted by Gasteiger charge is 2.48. The molecule has 0 saturated carbocycles. The van der Waals surface area contributed by atoms with Crippen LogP contribution in [0.25, 0.3) is 0 Å². The van der Waals surface area contributed by atoms with E-state index < -0.39 is 0 Å². The number of carbonyl (C=O) groups is 1. The van der Waals surface area contributed by atoms with Crippen LogP contribution in [-0.2, 0) is 14.2 Å². The summed E-state index contributed by atoms with van der Waals surface area (Å²) in [6.45, 7) is 4.42. The van der Waals surface area contributed by atoms with Crippen LogP contribution in [0.1, 0.15) is 23.3 Å². The lowest BCUT2D eigenvalue weighted by atomic mass is 10.00. The van der Waals surface area contributed by atoms with Crippen LogP contribution in [0.15, 0.2) is 18.3 Å². The summed E-state index contributed by atoms with van der Waals surface area (Å²) in [5.41, 5.74) is 0.640. The van der Waals surface area contributed by atoms with Gasteiger partial charge in [0.15, 0.2) is 0 Å². The topological polar surface area (TPSA) is 63.8 Å². The number of amides is 1. The van der Waals surface area contributed by atoms with Crippen molar-refractivity contribution in [1.29, 1.82) is 0 Å². The number of nitrogens with one attached hydrogen (secondary N) is 1. The molecule has 23 heavy (non-hydrogen) atoms. The number of likely N-dealkylation sites (tertiary alicyclic amines) is 1. The first kappa shape index (κ1) is 15.2. The van der Waals surface area contributed by atoms with E-state index >= 15 is 0 Å². The van der Waals surface area contributed by atoms with Crippen molar-refractivity contribution in [3.63, 3.8) is 0 Å². The lowest BCUT2D eigenvalue weighted by Crippen LogP contribution is -2.38. The second-order valence-corrected chi connectivity index (χ2v) is 6.74. The van der Waals surface area contributed by atoms with E-state index in [0.717, 1.165) is 32.7 Å². The number of hydrogen-bond donors (Lipinski definition) is 1. The molecule has 1 aromatic heterocycles. The SMILES string of the molecule is O=C(c1ccc[nH]1)N1C[C@H](OCC2CCOCC2)[C@H]2COC[C@H]21. The molecular formula is C17H24N2O4. The third-order valence-electron chi connectivity index (χ3n) is 5.32. The first-order valence-corrected chi connectivity index (χ1v) is 8.54. The van der Waals surface area contributed by atoms with Gasteiger partial charge in [-0.2, -0.15) is 0 Å². The molecule has 3 fully saturated rings. The van der Waals surface area contributed by atoms with Gasteiger partial charge < -0.3 is 24.1 Å². The third kappa shape index (κ3) is 3.03. The van der Waals surface area contributed by atoms with Crippen molar-refractivity contribution >= 4 is 5.91 Å². The van der Waals surface area contributed by atoms with Crippen molar-refractivity contribution in [3.8, 4) is 0 Å². The van der Waals surface area contributed by atoms with Crippen LogP contribution in [0, 0.1) is 11.8 Å². The van der Waals surface area contributed by atoms with E-state index in [2.05, 4.69) is 4.98 Å². The number of carbonyl (C=O) groups excluding carboxylic acids is 1. The van der Waals surface area contributed by atoms with Crippen molar-refractivity contribution in [2.45, 2.75) is 25.0 Å². The van der Waals surface area contributed by atoms with Crippen molar-refractivity contribution in [1.82, 2.24) is 9.88 Å². The Hall–Kier alpha value is -1.37. The number of rotatable bonds is 4. The van der Waals surface area contributed by atoms with E-state index in [4.69, 9.17) is 14.2 Å². The standard InChI is InChI=1S/C17H24N2O4/c20-17(14-2-1-5-18-14)19-8-16(13-10-22-11-15(13)19)23-9-12-3-6-21-7-4-12/h1-2,5,12-13,15-16,18H,3-4,6-11H2/t13-,15+,16-/m0/s1. The van der Waals surface area contributed by atoms with Crippen molar-refractivity contribution < 1.29 is 19.0 Å². The Morgan fingerprint density at radius 2 is 2.17 bits per heavy atom. The minimum Gasteiger partial charge on any atom is -0.381 e. The van der Waals surface area contributed by atoms with E-state index in [9.17, 15) is 4.79 Å². The summed E-state index contributed by atoms with van der Waals surface area (Å²) >= 11 is 0. The summed E-state index contributed by atoms with van der Waals surface area (Å²) in [7, 11) is 0. The fourth-order valence-electron chi connectivity index (χ4n) is 3.90. The number of aromatic nitrogens is 1. The Morgan fingerprint density at radius 1 is 1.30 bits per heavy atom. The monoisotopic (exact) mass is 320 g/mol. The highest BCUT2D eigenvalue weighted by Crippen LogP contribution is 2.33. The summed E-state index contributed by atoms with van der Waals surface area (Å²) in [6, 6.07) is 3.82. The van der Waals surface area contributed by atoms with Crippen molar-refractivity contribution in [2.75, 3.05) is 39.6 Å². The first-order valence-electron chi connectivity index (χ1n) is 8.54. The summed E-state index contributed by atoms with van der Waals surface area (Å²) in [6.07, 6.45) is 4.01. The molecule has 3 aliphatic heterocycles. The molecule has 1 amide bonds. The van der Waals surface area contributed by atoms with E-state index in [1.165, 1.54) is 0 Å². The predicted octanol–water partition coefficient (Wildman–Crippen LogP) is 1.30. The highest BCUT2D eigenvalue weighted by atomic mass is 16.5. The maximum Gasteiger partial charge on any atom is 0.270 e. The van der Waals surface area contributed by atoms with Crippen LogP contribution in [0.2, 0.25) is 0 Å². The Kier molecular flexibility index (Phi) is 4.37. The van der Waals surface area contributed by atoms with Gasteiger partial charge in [0.2, 0.25) is 0 Å². The molecule has 6 nitrogen and oxygen atoms in total. The zero-order valence-electron chi connectivity index (χ0n) is 13.3. The van der Waals surface area contributed by atoms with Crippen LogP contribution in [-0.4, -0.2) is 67.5 Å². The van der Waals surface area contributed by atoms with Gasteiger partial charge in [-0.25, -0.2) is 0 Å². The fraction of sp³-hybridized carbons (Fsp3) is 0.706. The van der Waals surface area contributed by atoms with Gasteiger partial charge in [0, 0.05) is 31.9 Å². The number of ether oxygens (including phenoxy) is 3. The largest absolute Gasteiger partial charge is 0.381 e. The number of aromatic amines is 1. The van der Waals surface area contributed by atoms with Crippen LogP contribution in [0.4, 0.5) is 0 Å². The first-order chi connectivity index (χ1) is 11.3. The molecular weight excluding hydrogens is 296 g/mol. The zero-order chi connectivity index (χ0) is 15.6. The number of nitrogens with zero attached hydrogens (tertiary/aromatic N) is 1. The molecule has 0 aromatic carbocycles. The fourth-order valence-corrected chi connectivity index (χ4v) is 3.90. The van der Waals surface area contributed by atoms with Gasteiger partial charge in [0.25, 0.3) is 5.91 Å². The lowest BCUT2D eigenvalue weighted by molar-refractivity contribution is -0.0252. The van der Waals surface area contributed by atoms with Crippen LogP contribution in [0.3, 0.4) is 0 Å². The summed E-state index contributed by atoms with van der Waals surface area (Å²) in [5.74, 6) is 0.930. The van der Waals surface area contributed by atoms with Crippen molar-refractivity contribution in [2.24, 2.45) is 11.8 Å². The second kappa shape index (κ2) is 6.63. The molecule has 0 bridgehead atoms. The predicted molar refractivity (Wildman–Crippen MR) is 83.2 cm³/mol. The Labute approximate surface area is 136 Å². The molecule has 3 aliphatic rings. The Morgan fingerprint density at radius 3 is 2.96 bits per heavy atom. The normalized spacial score (nSPS) is 31.5. The molecule has 3 saturated heterocycles. The summed E-state index contributed by atoms with van der Waals surface area (Å²) in [5, 5.41) is 0.